The lowest BCUT2D eigenvalue weighted by Crippen LogP contribution is -2.58. The minimum absolute atomic E-state index is 0.258. The predicted molar refractivity (Wildman–Crippen MR) is 119 cm³/mol. The van der Waals surface area contributed by atoms with E-state index < -0.39 is 0 Å². The molecule has 148 valence electrons. The summed E-state index contributed by atoms with van der Waals surface area (Å²) in [7, 11) is 0. The molecule has 5 rings (SSSR count). The Bertz CT molecular complexity index is 907. The molecule has 2 aromatic rings. The lowest BCUT2D eigenvalue weighted by Gasteiger charge is -2.55. The Hall–Kier alpha value is -1.22. The molecule has 4 heteroatoms. The van der Waals surface area contributed by atoms with E-state index in [4.69, 9.17) is 23.2 Å². The number of anilines is 2. The van der Waals surface area contributed by atoms with Crippen LogP contribution < -0.4 is 5.32 Å². The molecule has 0 unspecified atom stereocenters. The van der Waals surface area contributed by atoms with Crippen molar-refractivity contribution in [2.75, 3.05) is 18.4 Å². The van der Waals surface area contributed by atoms with Crippen LogP contribution in [0.2, 0.25) is 10.0 Å². The third-order valence-electron chi connectivity index (χ3n) is 7.52. The first-order chi connectivity index (χ1) is 13.4. The SMILES string of the molecule is C[C@H]1[C@H]2Cc3ccc(Nc4ccc(Cl)c(Cl)c4)cc3[C@]1(C)CCN2CC1CC1. The Kier molecular flexibility index (Phi) is 4.65. The van der Waals surface area contributed by atoms with E-state index >= 15 is 0 Å². The molecule has 28 heavy (non-hydrogen) atoms. The number of piperidine rings is 1. The van der Waals surface area contributed by atoms with Crippen molar-refractivity contribution < 1.29 is 0 Å². The van der Waals surface area contributed by atoms with E-state index in [-0.39, 0.29) is 5.41 Å². The summed E-state index contributed by atoms with van der Waals surface area (Å²) in [4.78, 5) is 2.80. The second kappa shape index (κ2) is 6.93. The van der Waals surface area contributed by atoms with Crippen molar-refractivity contribution in [1.82, 2.24) is 4.90 Å². The average molecular weight is 415 g/mol. The Balaban J connectivity index is 1.44. The summed E-state index contributed by atoms with van der Waals surface area (Å²) in [5.41, 5.74) is 5.43. The van der Waals surface area contributed by atoms with Gasteiger partial charge in [-0.15, -0.1) is 0 Å². The molecular formula is C24H28Cl2N2. The van der Waals surface area contributed by atoms with Gasteiger partial charge in [-0.1, -0.05) is 43.1 Å². The lowest BCUT2D eigenvalue weighted by molar-refractivity contribution is 0.0284. The number of likely N-dealkylation sites (tertiary alicyclic amines) is 1. The van der Waals surface area contributed by atoms with Crippen LogP contribution >= 0.6 is 23.2 Å². The smallest absolute Gasteiger partial charge is 0.0612 e. The number of rotatable bonds is 4. The van der Waals surface area contributed by atoms with E-state index in [0.29, 0.717) is 22.0 Å². The van der Waals surface area contributed by atoms with E-state index in [2.05, 4.69) is 42.3 Å². The molecule has 2 nitrogen and oxygen atoms in total. The number of nitrogens with zero attached hydrogens (tertiary/aromatic N) is 1. The second-order valence-corrected chi connectivity index (χ2v) is 10.1. The van der Waals surface area contributed by atoms with Crippen molar-refractivity contribution in [2.24, 2.45) is 11.8 Å². The molecule has 0 amide bonds. The summed E-state index contributed by atoms with van der Waals surface area (Å²) in [5.74, 6) is 1.66. The fourth-order valence-corrected chi connectivity index (χ4v) is 5.68. The number of hydrogen-bond donors (Lipinski definition) is 1. The van der Waals surface area contributed by atoms with Crippen LogP contribution in [-0.2, 0) is 11.8 Å². The van der Waals surface area contributed by atoms with E-state index in [9.17, 15) is 0 Å². The first-order valence-electron chi connectivity index (χ1n) is 10.5. The van der Waals surface area contributed by atoms with Gasteiger partial charge in [-0.25, -0.2) is 0 Å². The molecule has 0 aromatic heterocycles. The maximum absolute atomic E-state index is 6.18. The molecule has 2 aromatic carbocycles. The van der Waals surface area contributed by atoms with Crippen LogP contribution in [0, 0.1) is 11.8 Å². The number of fused-ring (bicyclic) bond motifs is 4. The third kappa shape index (κ3) is 3.24. The zero-order valence-corrected chi connectivity index (χ0v) is 18.2. The quantitative estimate of drug-likeness (QED) is 0.600. The average Bonchev–Trinajstić information content (AvgIpc) is 3.48. The monoisotopic (exact) mass is 414 g/mol. The normalized spacial score (nSPS) is 29.4. The maximum atomic E-state index is 6.18. The van der Waals surface area contributed by atoms with Crippen LogP contribution in [0.15, 0.2) is 36.4 Å². The van der Waals surface area contributed by atoms with E-state index in [1.54, 1.807) is 0 Å². The summed E-state index contributed by atoms with van der Waals surface area (Å²) in [5, 5.41) is 4.68. The molecule has 1 saturated heterocycles. The molecule has 1 N–H and O–H groups in total. The number of benzene rings is 2. The van der Waals surface area contributed by atoms with Crippen LogP contribution in [0.5, 0.6) is 0 Å². The molecule has 2 bridgehead atoms. The molecule has 2 aliphatic carbocycles. The number of nitrogens with one attached hydrogen (secondary N) is 1. The van der Waals surface area contributed by atoms with Crippen molar-refractivity contribution in [1.29, 1.82) is 0 Å². The topological polar surface area (TPSA) is 15.3 Å². The van der Waals surface area contributed by atoms with Crippen LogP contribution in [0.1, 0.15) is 44.2 Å². The summed E-state index contributed by atoms with van der Waals surface area (Å²) < 4.78 is 0. The largest absolute Gasteiger partial charge is 0.355 e. The lowest BCUT2D eigenvalue weighted by atomic mass is 9.59. The minimum Gasteiger partial charge on any atom is -0.355 e. The zero-order valence-electron chi connectivity index (χ0n) is 16.6. The highest BCUT2D eigenvalue weighted by atomic mass is 35.5. The Morgan fingerprint density at radius 3 is 2.57 bits per heavy atom. The molecule has 3 aliphatic rings. The maximum Gasteiger partial charge on any atom is 0.0612 e. The standard InChI is InChI=1S/C24H28Cl2N2/c1-15-23-11-17-5-6-18(27-19-7-8-21(25)22(26)13-19)12-20(17)24(15,2)9-10-28(23)14-16-3-4-16/h5-8,12-13,15-16,23,27H,3-4,9-11,14H2,1-2H3/t15-,23+,24+/m0/s1. The molecule has 2 fully saturated rings. The van der Waals surface area contributed by atoms with E-state index in [1.807, 2.05) is 18.2 Å². The van der Waals surface area contributed by atoms with Crippen LogP contribution in [-0.4, -0.2) is 24.0 Å². The van der Waals surface area contributed by atoms with E-state index in [1.165, 1.54) is 49.9 Å². The third-order valence-corrected chi connectivity index (χ3v) is 8.26. The first-order valence-corrected chi connectivity index (χ1v) is 11.3. The van der Waals surface area contributed by atoms with Gasteiger partial charge in [0.25, 0.3) is 0 Å². The van der Waals surface area contributed by atoms with Crippen molar-refractivity contribution in [2.45, 2.75) is 51.0 Å². The molecule has 1 saturated carbocycles. The van der Waals surface area contributed by atoms with Crippen LogP contribution in [0.3, 0.4) is 0 Å². The van der Waals surface area contributed by atoms with Gasteiger partial charge in [-0.05, 0) is 90.9 Å². The van der Waals surface area contributed by atoms with Gasteiger partial charge < -0.3 is 5.32 Å². The Labute approximate surface area is 178 Å². The minimum atomic E-state index is 0.258. The molecule has 0 radical (unpaired) electrons. The van der Waals surface area contributed by atoms with Crippen LogP contribution in [0.4, 0.5) is 11.4 Å². The van der Waals surface area contributed by atoms with Crippen molar-refractivity contribution in [3.8, 4) is 0 Å². The molecule has 1 aliphatic heterocycles. The second-order valence-electron chi connectivity index (χ2n) is 9.29. The van der Waals surface area contributed by atoms with Gasteiger partial charge in [-0.2, -0.15) is 0 Å². The highest BCUT2D eigenvalue weighted by Crippen LogP contribution is 2.50. The van der Waals surface area contributed by atoms with Gasteiger partial charge in [-0.3, -0.25) is 4.90 Å². The fraction of sp³-hybridized carbons (Fsp3) is 0.500. The summed E-state index contributed by atoms with van der Waals surface area (Å²) >= 11 is 12.2. The zero-order chi connectivity index (χ0) is 19.5. The first kappa shape index (κ1) is 18.8. The fourth-order valence-electron chi connectivity index (χ4n) is 5.38. The van der Waals surface area contributed by atoms with Gasteiger partial charge in [0.1, 0.15) is 0 Å². The van der Waals surface area contributed by atoms with Gasteiger partial charge in [0.05, 0.1) is 10.0 Å². The van der Waals surface area contributed by atoms with Gasteiger partial charge in [0.2, 0.25) is 0 Å². The molecule has 1 heterocycles. The summed E-state index contributed by atoms with van der Waals surface area (Å²) in [6, 6.07) is 13.3. The van der Waals surface area contributed by atoms with Gasteiger partial charge >= 0.3 is 0 Å². The molecular weight excluding hydrogens is 387 g/mol. The van der Waals surface area contributed by atoms with Crippen molar-refractivity contribution in [3.05, 3.63) is 57.6 Å². The molecule has 3 atom stereocenters. The Morgan fingerprint density at radius 2 is 1.82 bits per heavy atom. The highest BCUT2D eigenvalue weighted by molar-refractivity contribution is 6.42. The number of hydrogen-bond acceptors (Lipinski definition) is 2. The predicted octanol–water partition coefficient (Wildman–Crippen LogP) is 6.67. The van der Waals surface area contributed by atoms with Crippen molar-refractivity contribution >= 4 is 34.6 Å². The highest BCUT2D eigenvalue weighted by Gasteiger charge is 2.49. The van der Waals surface area contributed by atoms with Gasteiger partial charge in [0, 0.05) is 24.0 Å². The number of halogens is 2. The van der Waals surface area contributed by atoms with Crippen molar-refractivity contribution in [3.63, 3.8) is 0 Å². The summed E-state index contributed by atoms with van der Waals surface area (Å²) in [6.45, 7) is 7.52. The van der Waals surface area contributed by atoms with E-state index in [0.717, 1.165) is 17.3 Å². The summed E-state index contributed by atoms with van der Waals surface area (Å²) in [6.07, 6.45) is 5.32. The van der Waals surface area contributed by atoms with Gasteiger partial charge in [0.15, 0.2) is 0 Å². The molecule has 0 spiro atoms. The Morgan fingerprint density at radius 1 is 1.07 bits per heavy atom. The van der Waals surface area contributed by atoms with Crippen LogP contribution in [0.25, 0.3) is 0 Å².